The first-order valence-electron chi connectivity index (χ1n) is 4.06. The van der Waals surface area contributed by atoms with Crippen LogP contribution in [0.3, 0.4) is 0 Å². The number of aryl methyl sites for hydroxylation is 2. The van der Waals surface area contributed by atoms with Crippen LogP contribution in [0.5, 0.6) is 0 Å². The van der Waals surface area contributed by atoms with Gasteiger partial charge >= 0.3 is 0 Å². The van der Waals surface area contributed by atoms with E-state index in [9.17, 15) is 0 Å². The number of nitrogens with zero attached hydrogens (tertiary/aromatic N) is 4. The third kappa shape index (κ3) is 1.69. The molecule has 2 aromatic heterocycles. The van der Waals surface area contributed by atoms with Gasteiger partial charge in [0, 0.05) is 6.20 Å². The van der Waals surface area contributed by atoms with Crippen LogP contribution in [0.15, 0.2) is 6.20 Å². The lowest BCUT2D eigenvalue weighted by molar-refractivity contribution is 0.999. The molecule has 0 radical (unpaired) electrons. The lowest BCUT2D eigenvalue weighted by Crippen LogP contribution is -2.01. The Kier molecular flexibility index (Phi) is 2.12. The zero-order chi connectivity index (χ0) is 10.1. The van der Waals surface area contributed by atoms with Crippen LogP contribution in [0, 0.1) is 13.8 Å². The van der Waals surface area contributed by atoms with Gasteiger partial charge in [-0.25, -0.2) is 9.97 Å². The lowest BCUT2D eigenvalue weighted by atomic mass is 10.5. The number of nitrogens with two attached hydrogens (primary N) is 1. The highest BCUT2D eigenvalue weighted by Crippen LogP contribution is 2.22. The molecule has 0 aliphatic heterocycles. The molecule has 14 heavy (non-hydrogen) atoms. The Bertz CT molecular complexity index is 444. The highest BCUT2D eigenvalue weighted by molar-refractivity contribution is 7.14. The normalized spacial score (nSPS) is 10.4. The van der Waals surface area contributed by atoms with Crippen molar-refractivity contribution in [2.45, 2.75) is 13.8 Å². The van der Waals surface area contributed by atoms with Gasteiger partial charge < -0.3 is 5.73 Å². The molecule has 0 saturated heterocycles. The van der Waals surface area contributed by atoms with Gasteiger partial charge in [-0.2, -0.15) is 9.97 Å². The summed E-state index contributed by atoms with van der Waals surface area (Å²) in [7, 11) is 0. The molecule has 0 unspecified atom stereocenters. The maximum Gasteiger partial charge on any atom is 0.223 e. The molecule has 0 fully saturated rings. The predicted octanol–water partition coefficient (Wildman–Crippen LogP) is 1.19. The molecule has 0 bridgehead atoms. The average Bonchev–Trinajstić information content (AvgIpc) is 2.50. The average molecular weight is 207 g/mol. The fourth-order valence-corrected chi connectivity index (χ4v) is 1.79. The molecule has 2 heterocycles. The molecule has 0 aliphatic carbocycles. The number of aromatic nitrogens is 4. The summed E-state index contributed by atoms with van der Waals surface area (Å²) in [6.45, 7) is 3.72. The summed E-state index contributed by atoms with van der Waals surface area (Å²) in [5.74, 6) is 1.47. The number of thiazole rings is 1. The van der Waals surface area contributed by atoms with E-state index in [2.05, 4.69) is 19.9 Å². The molecule has 2 N–H and O–H groups in total. The van der Waals surface area contributed by atoms with Gasteiger partial charge in [-0.15, -0.1) is 11.3 Å². The van der Waals surface area contributed by atoms with Crippen molar-refractivity contribution in [3.8, 4) is 10.7 Å². The molecule has 5 nitrogen and oxygen atoms in total. The third-order valence-corrected chi connectivity index (χ3v) is 2.51. The molecule has 0 saturated carbocycles. The van der Waals surface area contributed by atoms with E-state index >= 15 is 0 Å². The predicted molar refractivity (Wildman–Crippen MR) is 54.8 cm³/mol. The zero-order valence-corrected chi connectivity index (χ0v) is 8.67. The first-order valence-corrected chi connectivity index (χ1v) is 4.88. The molecular weight excluding hydrogens is 198 g/mol. The number of hydrogen-bond acceptors (Lipinski definition) is 6. The van der Waals surface area contributed by atoms with Crippen molar-refractivity contribution < 1.29 is 0 Å². The Balaban J connectivity index is 2.51. The molecule has 6 heteroatoms. The summed E-state index contributed by atoms with van der Waals surface area (Å²) in [6, 6.07) is 0. The van der Waals surface area contributed by atoms with Crippen LogP contribution in [0.1, 0.15) is 10.8 Å². The van der Waals surface area contributed by atoms with Crippen LogP contribution in [-0.2, 0) is 0 Å². The second-order valence-corrected chi connectivity index (χ2v) is 4.04. The molecule has 0 spiro atoms. The summed E-state index contributed by atoms with van der Waals surface area (Å²) >= 11 is 1.54. The Morgan fingerprint density at radius 2 is 2.00 bits per heavy atom. The summed E-state index contributed by atoms with van der Waals surface area (Å²) in [4.78, 5) is 17.2. The van der Waals surface area contributed by atoms with Crippen LogP contribution in [0.4, 0.5) is 5.95 Å². The van der Waals surface area contributed by atoms with E-state index in [0.29, 0.717) is 11.6 Å². The minimum Gasteiger partial charge on any atom is -0.368 e. The van der Waals surface area contributed by atoms with Crippen LogP contribution in [0.2, 0.25) is 0 Å². The van der Waals surface area contributed by atoms with Gasteiger partial charge in [0.2, 0.25) is 5.95 Å². The van der Waals surface area contributed by atoms with Gasteiger partial charge in [0.1, 0.15) is 5.82 Å². The van der Waals surface area contributed by atoms with Crippen LogP contribution in [-0.4, -0.2) is 19.9 Å². The van der Waals surface area contributed by atoms with Gasteiger partial charge in [0.05, 0.1) is 9.88 Å². The molecule has 0 amide bonds. The maximum atomic E-state index is 5.53. The Hall–Kier alpha value is -1.56. The molecule has 2 aromatic rings. The second kappa shape index (κ2) is 3.30. The molecular formula is C8H9N5S. The van der Waals surface area contributed by atoms with Gasteiger partial charge in [0.15, 0.2) is 5.82 Å². The van der Waals surface area contributed by atoms with E-state index in [0.717, 1.165) is 9.88 Å². The Morgan fingerprint density at radius 3 is 2.57 bits per heavy atom. The lowest BCUT2D eigenvalue weighted by Gasteiger charge is -1.97. The zero-order valence-electron chi connectivity index (χ0n) is 7.85. The fourth-order valence-electron chi connectivity index (χ4n) is 1.08. The van der Waals surface area contributed by atoms with Crippen molar-refractivity contribution in [3.05, 3.63) is 17.0 Å². The second-order valence-electron chi connectivity index (χ2n) is 2.81. The van der Waals surface area contributed by atoms with Gasteiger partial charge in [0.25, 0.3) is 0 Å². The molecule has 0 aromatic carbocycles. The highest BCUT2D eigenvalue weighted by Gasteiger charge is 2.06. The first kappa shape index (κ1) is 9.01. The van der Waals surface area contributed by atoms with E-state index in [-0.39, 0.29) is 5.95 Å². The summed E-state index contributed by atoms with van der Waals surface area (Å²) < 4.78 is 0. The highest BCUT2D eigenvalue weighted by atomic mass is 32.1. The van der Waals surface area contributed by atoms with Crippen LogP contribution in [0.25, 0.3) is 10.7 Å². The molecule has 2 rings (SSSR count). The van der Waals surface area contributed by atoms with Crippen LogP contribution < -0.4 is 5.73 Å². The van der Waals surface area contributed by atoms with Crippen molar-refractivity contribution in [1.82, 2.24) is 19.9 Å². The monoisotopic (exact) mass is 207 g/mol. The first-order chi connectivity index (χ1) is 6.65. The number of anilines is 1. The summed E-state index contributed by atoms with van der Waals surface area (Å²) in [5.41, 5.74) is 5.53. The van der Waals surface area contributed by atoms with E-state index < -0.39 is 0 Å². The molecule has 72 valence electrons. The number of hydrogen-bond donors (Lipinski definition) is 1. The summed E-state index contributed by atoms with van der Waals surface area (Å²) in [5, 5.41) is 0.983. The van der Waals surface area contributed by atoms with Crippen molar-refractivity contribution in [2.75, 3.05) is 5.73 Å². The smallest absolute Gasteiger partial charge is 0.223 e. The van der Waals surface area contributed by atoms with E-state index in [1.54, 1.807) is 13.1 Å². The van der Waals surface area contributed by atoms with E-state index in [1.165, 1.54) is 11.3 Å². The number of rotatable bonds is 1. The van der Waals surface area contributed by atoms with Crippen LogP contribution >= 0.6 is 11.3 Å². The topological polar surface area (TPSA) is 77.6 Å². The van der Waals surface area contributed by atoms with Crippen molar-refractivity contribution in [1.29, 1.82) is 0 Å². The molecule has 0 aliphatic rings. The quantitative estimate of drug-likeness (QED) is 0.760. The minimum absolute atomic E-state index is 0.249. The van der Waals surface area contributed by atoms with Gasteiger partial charge in [-0.05, 0) is 13.8 Å². The third-order valence-electron chi connectivity index (χ3n) is 1.61. The maximum absolute atomic E-state index is 5.53. The SMILES string of the molecule is Cc1nc(N)nc(-c2cnc(C)s2)n1. The Labute approximate surface area is 85.1 Å². The number of nitrogen functional groups attached to an aromatic ring is 1. The van der Waals surface area contributed by atoms with E-state index in [4.69, 9.17) is 5.73 Å². The fraction of sp³-hybridized carbons (Fsp3) is 0.250. The Morgan fingerprint density at radius 1 is 1.21 bits per heavy atom. The van der Waals surface area contributed by atoms with Crippen molar-refractivity contribution >= 4 is 17.3 Å². The summed E-state index contributed by atoms with van der Waals surface area (Å²) in [6.07, 6.45) is 1.74. The van der Waals surface area contributed by atoms with Gasteiger partial charge in [-0.3, -0.25) is 0 Å². The van der Waals surface area contributed by atoms with Crippen molar-refractivity contribution in [3.63, 3.8) is 0 Å². The van der Waals surface area contributed by atoms with Crippen molar-refractivity contribution in [2.24, 2.45) is 0 Å². The largest absolute Gasteiger partial charge is 0.368 e. The minimum atomic E-state index is 0.249. The molecule has 0 atom stereocenters. The van der Waals surface area contributed by atoms with E-state index in [1.807, 2.05) is 6.92 Å². The van der Waals surface area contributed by atoms with Gasteiger partial charge in [-0.1, -0.05) is 0 Å². The standard InChI is InChI=1S/C8H9N5S/c1-4-11-7(13-8(9)12-4)6-3-10-5(2)14-6/h3H,1-2H3,(H2,9,11,12,13).